The van der Waals surface area contributed by atoms with E-state index in [-0.39, 0.29) is 11.9 Å². The van der Waals surface area contributed by atoms with Crippen LogP contribution in [0.2, 0.25) is 0 Å². The summed E-state index contributed by atoms with van der Waals surface area (Å²) < 4.78 is 18.0. The number of furan rings is 1. The van der Waals surface area contributed by atoms with E-state index in [1.165, 1.54) is 0 Å². The van der Waals surface area contributed by atoms with Gasteiger partial charge in [0.05, 0.1) is 0 Å². The quantitative estimate of drug-likeness (QED) is 0.814. The van der Waals surface area contributed by atoms with Crippen molar-refractivity contribution in [3.63, 3.8) is 0 Å². The third kappa shape index (κ3) is 2.37. The minimum atomic E-state index is -0.770. The second kappa shape index (κ2) is 4.04. The largest absolute Gasteiger partial charge is 0.456 e. The average Bonchev–Trinajstić information content (AvgIpc) is 2.75. The van der Waals surface area contributed by atoms with Gasteiger partial charge in [0.2, 0.25) is 0 Å². The number of halogens is 1. The van der Waals surface area contributed by atoms with Crippen LogP contribution in [0.4, 0.5) is 4.39 Å². The normalized spacial score (nSPS) is 25.5. The second-order valence-corrected chi connectivity index (χ2v) is 3.99. The molecular formula is C11H14FNO2. The average molecular weight is 211 g/mol. The summed E-state index contributed by atoms with van der Waals surface area (Å²) in [5.41, 5.74) is 0. The van der Waals surface area contributed by atoms with Gasteiger partial charge < -0.3 is 9.73 Å². The molecule has 0 bridgehead atoms. The summed E-state index contributed by atoms with van der Waals surface area (Å²) in [4.78, 5) is 11.6. The molecule has 2 unspecified atom stereocenters. The van der Waals surface area contributed by atoms with Crippen molar-refractivity contribution in [3.05, 3.63) is 23.7 Å². The molecule has 1 aromatic rings. The van der Waals surface area contributed by atoms with Crippen LogP contribution in [0.1, 0.15) is 35.6 Å². The third-order valence-corrected chi connectivity index (χ3v) is 2.67. The fourth-order valence-corrected chi connectivity index (χ4v) is 1.87. The first-order valence-corrected chi connectivity index (χ1v) is 5.16. The molecule has 3 nitrogen and oxygen atoms in total. The summed E-state index contributed by atoms with van der Waals surface area (Å²) >= 11 is 0. The number of hydrogen-bond donors (Lipinski definition) is 1. The van der Waals surface area contributed by atoms with Gasteiger partial charge in [-0.2, -0.15) is 0 Å². The van der Waals surface area contributed by atoms with Crippen molar-refractivity contribution in [2.75, 3.05) is 0 Å². The lowest BCUT2D eigenvalue weighted by Gasteiger charge is -2.09. The first-order valence-electron chi connectivity index (χ1n) is 5.16. The highest BCUT2D eigenvalue weighted by Gasteiger charge is 2.26. The number of carbonyl (C=O) groups excluding carboxylic acids is 1. The zero-order valence-corrected chi connectivity index (χ0v) is 8.63. The number of rotatable bonds is 2. The summed E-state index contributed by atoms with van der Waals surface area (Å²) in [6.45, 7) is 1.78. The molecule has 15 heavy (non-hydrogen) atoms. The van der Waals surface area contributed by atoms with Crippen molar-refractivity contribution >= 4 is 5.91 Å². The molecule has 4 heteroatoms. The van der Waals surface area contributed by atoms with Gasteiger partial charge in [-0.1, -0.05) is 0 Å². The van der Waals surface area contributed by atoms with Crippen molar-refractivity contribution < 1.29 is 13.6 Å². The van der Waals surface area contributed by atoms with Crippen LogP contribution in [-0.2, 0) is 0 Å². The molecule has 2 atom stereocenters. The molecule has 82 valence electrons. The lowest BCUT2D eigenvalue weighted by Crippen LogP contribution is -2.32. The van der Waals surface area contributed by atoms with E-state index in [1.54, 1.807) is 19.1 Å². The highest BCUT2D eigenvalue weighted by Crippen LogP contribution is 2.22. The zero-order valence-electron chi connectivity index (χ0n) is 8.63. The zero-order chi connectivity index (χ0) is 10.8. The standard InChI is InChI=1S/C11H14FNO2/c1-7-2-5-10(15-7)11(14)13-9-4-3-8(12)6-9/h2,5,8-9H,3-4,6H2,1H3,(H,13,14). The predicted octanol–water partition coefficient (Wildman–Crippen LogP) is 2.21. The Bertz CT molecular complexity index is 361. The molecule has 0 aromatic carbocycles. The van der Waals surface area contributed by atoms with Gasteiger partial charge in [0.1, 0.15) is 11.9 Å². The van der Waals surface area contributed by atoms with Crippen LogP contribution in [0, 0.1) is 6.92 Å². The summed E-state index contributed by atoms with van der Waals surface area (Å²) in [5.74, 6) is 0.756. The topological polar surface area (TPSA) is 42.2 Å². The minimum Gasteiger partial charge on any atom is -0.456 e. The van der Waals surface area contributed by atoms with Crippen LogP contribution in [0.3, 0.4) is 0 Å². The van der Waals surface area contributed by atoms with E-state index in [0.717, 1.165) is 0 Å². The van der Waals surface area contributed by atoms with E-state index < -0.39 is 6.17 Å². The molecule has 0 aliphatic heterocycles. The molecule has 1 aliphatic carbocycles. The molecule has 1 aromatic heterocycles. The van der Waals surface area contributed by atoms with Crippen LogP contribution in [-0.4, -0.2) is 18.1 Å². The molecule has 1 N–H and O–H groups in total. The van der Waals surface area contributed by atoms with E-state index in [4.69, 9.17) is 4.42 Å². The van der Waals surface area contributed by atoms with Crippen LogP contribution in [0.15, 0.2) is 16.5 Å². The molecule has 0 spiro atoms. The number of carbonyl (C=O) groups is 1. The number of nitrogens with one attached hydrogen (secondary N) is 1. The van der Waals surface area contributed by atoms with Gasteiger partial charge in [0, 0.05) is 6.04 Å². The van der Waals surface area contributed by atoms with E-state index in [0.29, 0.717) is 30.8 Å². The third-order valence-electron chi connectivity index (χ3n) is 2.67. The van der Waals surface area contributed by atoms with Gasteiger partial charge in [0.15, 0.2) is 5.76 Å². The van der Waals surface area contributed by atoms with Crippen molar-refractivity contribution in [1.82, 2.24) is 5.32 Å². The molecule has 1 saturated carbocycles. The lowest BCUT2D eigenvalue weighted by molar-refractivity contribution is 0.0907. The van der Waals surface area contributed by atoms with Crippen molar-refractivity contribution in [1.29, 1.82) is 0 Å². The lowest BCUT2D eigenvalue weighted by atomic mass is 10.2. The van der Waals surface area contributed by atoms with E-state index in [1.807, 2.05) is 0 Å². The minimum absolute atomic E-state index is 0.0436. The maximum atomic E-state index is 12.9. The number of amides is 1. The van der Waals surface area contributed by atoms with Gasteiger partial charge >= 0.3 is 0 Å². The van der Waals surface area contributed by atoms with Crippen LogP contribution in [0.25, 0.3) is 0 Å². The van der Waals surface area contributed by atoms with Crippen LogP contribution >= 0.6 is 0 Å². The van der Waals surface area contributed by atoms with Gasteiger partial charge in [-0.3, -0.25) is 4.79 Å². The Kier molecular flexibility index (Phi) is 2.75. The van der Waals surface area contributed by atoms with Crippen LogP contribution < -0.4 is 5.32 Å². The Morgan fingerprint density at radius 2 is 2.33 bits per heavy atom. The van der Waals surface area contributed by atoms with E-state index in [2.05, 4.69) is 5.32 Å². The smallest absolute Gasteiger partial charge is 0.287 e. The van der Waals surface area contributed by atoms with E-state index in [9.17, 15) is 9.18 Å². The molecule has 1 fully saturated rings. The highest BCUT2D eigenvalue weighted by atomic mass is 19.1. The predicted molar refractivity (Wildman–Crippen MR) is 53.4 cm³/mol. The maximum Gasteiger partial charge on any atom is 0.287 e. The Morgan fingerprint density at radius 1 is 1.53 bits per heavy atom. The summed E-state index contributed by atoms with van der Waals surface area (Å²) in [5, 5.41) is 2.77. The van der Waals surface area contributed by atoms with Crippen molar-refractivity contribution in [3.8, 4) is 0 Å². The Morgan fingerprint density at radius 3 is 2.87 bits per heavy atom. The van der Waals surface area contributed by atoms with Gasteiger partial charge in [-0.25, -0.2) is 4.39 Å². The van der Waals surface area contributed by atoms with Crippen molar-refractivity contribution in [2.45, 2.75) is 38.4 Å². The molecule has 0 saturated heterocycles. The summed E-state index contributed by atoms with van der Waals surface area (Å²) in [7, 11) is 0. The molecule has 1 amide bonds. The number of aryl methyl sites for hydroxylation is 1. The Labute approximate surface area is 87.7 Å². The molecule has 0 radical (unpaired) electrons. The second-order valence-electron chi connectivity index (χ2n) is 3.99. The Balaban J connectivity index is 1.92. The maximum absolute atomic E-state index is 12.9. The van der Waals surface area contributed by atoms with Crippen LogP contribution in [0.5, 0.6) is 0 Å². The fraction of sp³-hybridized carbons (Fsp3) is 0.545. The van der Waals surface area contributed by atoms with Gasteiger partial charge in [0.25, 0.3) is 5.91 Å². The first-order chi connectivity index (χ1) is 7.15. The highest BCUT2D eigenvalue weighted by molar-refractivity contribution is 5.91. The summed E-state index contributed by atoms with van der Waals surface area (Å²) in [6, 6.07) is 3.33. The Hall–Kier alpha value is -1.32. The number of alkyl halides is 1. The molecule has 2 rings (SSSR count). The molecular weight excluding hydrogens is 197 g/mol. The van der Waals surface area contributed by atoms with Gasteiger partial charge in [-0.05, 0) is 38.3 Å². The molecule has 1 heterocycles. The van der Waals surface area contributed by atoms with Gasteiger partial charge in [-0.15, -0.1) is 0 Å². The SMILES string of the molecule is Cc1ccc(C(=O)NC2CCC(F)C2)o1. The molecule has 1 aliphatic rings. The first kappa shape index (κ1) is 10.2. The fourth-order valence-electron chi connectivity index (χ4n) is 1.87. The monoisotopic (exact) mass is 211 g/mol. The van der Waals surface area contributed by atoms with E-state index >= 15 is 0 Å². The number of hydrogen-bond acceptors (Lipinski definition) is 2. The van der Waals surface area contributed by atoms with Crippen molar-refractivity contribution in [2.24, 2.45) is 0 Å². The summed E-state index contributed by atoms with van der Waals surface area (Å²) in [6.07, 6.45) is 0.911.